The van der Waals surface area contributed by atoms with E-state index >= 15 is 0 Å². The van der Waals surface area contributed by atoms with Gasteiger partial charge in [-0.25, -0.2) is 9.59 Å². The first kappa shape index (κ1) is 15.9. The zero-order chi connectivity index (χ0) is 14.4. The second-order valence-corrected chi connectivity index (χ2v) is 6.51. The molecule has 0 saturated carbocycles. The Hall–Kier alpha value is -1.11. The number of aliphatic carboxylic acids is 1. The molecule has 0 aromatic heterocycles. The summed E-state index contributed by atoms with van der Waals surface area (Å²) in [6, 6.07) is -1.16. The van der Waals surface area contributed by atoms with Gasteiger partial charge in [-0.3, -0.25) is 4.21 Å². The van der Waals surface area contributed by atoms with Crippen LogP contribution in [0.2, 0.25) is 0 Å². The third kappa shape index (κ3) is 5.18. The first-order chi connectivity index (χ1) is 8.91. The van der Waals surface area contributed by atoms with Crippen LogP contribution in [0.3, 0.4) is 0 Å². The van der Waals surface area contributed by atoms with Crippen molar-refractivity contribution in [2.24, 2.45) is 0 Å². The molecule has 0 aromatic rings. The molecule has 0 aromatic carbocycles. The lowest BCUT2D eigenvalue weighted by molar-refractivity contribution is -0.143. The van der Waals surface area contributed by atoms with Gasteiger partial charge in [-0.1, -0.05) is 0 Å². The number of nitrogens with one attached hydrogen (secondary N) is 1. The van der Waals surface area contributed by atoms with Gasteiger partial charge >= 0.3 is 12.0 Å². The number of rotatable bonds is 5. The number of hydrogen-bond donors (Lipinski definition) is 2. The number of carboxylic acids is 1. The molecule has 110 valence electrons. The van der Waals surface area contributed by atoms with Crippen molar-refractivity contribution in [3.05, 3.63) is 0 Å². The maximum Gasteiger partial charge on any atom is 0.326 e. The molecule has 2 amide bonds. The van der Waals surface area contributed by atoms with E-state index in [9.17, 15) is 13.8 Å². The summed E-state index contributed by atoms with van der Waals surface area (Å²) in [5, 5.41) is 11.9. The smallest absolute Gasteiger partial charge is 0.326 e. The number of carboxylic acid groups (broad SMARTS) is 1. The maximum atomic E-state index is 12.0. The standard InChI is InChI=1S/C12H22N2O4S/c1-9(6-8-19(2)18)13-12(17)14-7-4-3-5-10(14)11(15)16/h9-10H,3-8H2,1-2H3,(H,13,17)(H,15,16). The highest BCUT2D eigenvalue weighted by molar-refractivity contribution is 7.84. The summed E-state index contributed by atoms with van der Waals surface area (Å²) in [6.45, 7) is 2.32. The average Bonchev–Trinajstić information content (AvgIpc) is 2.36. The first-order valence-corrected chi connectivity index (χ1v) is 8.24. The number of amides is 2. The second kappa shape index (κ2) is 7.47. The van der Waals surface area contributed by atoms with Crippen molar-refractivity contribution in [2.45, 2.75) is 44.7 Å². The Morgan fingerprint density at radius 2 is 2.16 bits per heavy atom. The molecule has 0 aliphatic carbocycles. The van der Waals surface area contributed by atoms with E-state index in [1.807, 2.05) is 6.92 Å². The van der Waals surface area contributed by atoms with Gasteiger partial charge < -0.3 is 15.3 Å². The lowest BCUT2D eigenvalue weighted by Crippen LogP contribution is -2.53. The van der Waals surface area contributed by atoms with Gasteiger partial charge in [0, 0.05) is 35.4 Å². The van der Waals surface area contributed by atoms with Crippen molar-refractivity contribution in [1.82, 2.24) is 10.2 Å². The number of nitrogens with zero attached hydrogens (tertiary/aromatic N) is 1. The number of likely N-dealkylation sites (tertiary alicyclic amines) is 1. The summed E-state index contributed by atoms with van der Waals surface area (Å²) < 4.78 is 11.0. The van der Waals surface area contributed by atoms with Crippen LogP contribution >= 0.6 is 0 Å². The van der Waals surface area contributed by atoms with Crippen molar-refractivity contribution in [3.63, 3.8) is 0 Å². The van der Waals surface area contributed by atoms with Gasteiger partial charge in [0.1, 0.15) is 6.04 Å². The van der Waals surface area contributed by atoms with E-state index < -0.39 is 22.8 Å². The van der Waals surface area contributed by atoms with Gasteiger partial charge in [0.15, 0.2) is 0 Å². The van der Waals surface area contributed by atoms with Crippen LogP contribution in [0.1, 0.15) is 32.6 Å². The minimum atomic E-state index is -0.947. The highest BCUT2D eigenvalue weighted by atomic mass is 32.2. The van der Waals surface area contributed by atoms with E-state index in [-0.39, 0.29) is 12.1 Å². The highest BCUT2D eigenvalue weighted by Crippen LogP contribution is 2.17. The van der Waals surface area contributed by atoms with E-state index in [4.69, 9.17) is 5.11 Å². The lowest BCUT2D eigenvalue weighted by atomic mass is 10.0. The Labute approximate surface area is 116 Å². The number of urea groups is 1. The molecule has 19 heavy (non-hydrogen) atoms. The number of piperidine rings is 1. The number of carbonyl (C=O) groups excluding carboxylic acids is 1. The third-order valence-electron chi connectivity index (χ3n) is 3.26. The maximum absolute atomic E-state index is 12.0. The summed E-state index contributed by atoms with van der Waals surface area (Å²) in [6.07, 6.45) is 4.44. The van der Waals surface area contributed by atoms with Crippen molar-refractivity contribution >= 4 is 22.8 Å². The van der Waals surface area contributed by atoms with Crippen molar-refractivity contribution < 1.29 is 18.9 Å². The SMILES string of the molecule is CC(CCS(C)=O)NC(=O)N1CCCCC1C(=O)O. The van der Waals surface area contributed by atoms with Gasteiger partial charge in [0.05, 0.1) is 0 Å². The van der Waals surface area contributed by atoms with Gasteiger partial charge in [0.2, 0.25) is 0 Å². The van der Waals surface area contributed by atoms with Crippen molar-refractivity contribution in [2.75, 3.05) is 18.6 Å². The summed E-state index contributed by atoms with van der Waals surface area (Å²) in [4.78, 5) is 24.5. The van der Waals surface area contributed by atoms with Gasteiger partial charge in [-0.15, -0.1) is 0 Å². The predicted molar refractivity (Wildman–Crippen MR) is 73.5 cm³/mol. The average molecular weight is 290 g/mol. The lowest BCUT2D eigenvalue weighted by Gasteiger charge is -2.33. The summed E-state index contributed by atoms with van der Waals surface area (Å²) in [5.74, 6) is -0.416. The van der Waals surface area contributed by atoms with Crippen molar-refractivity contribution in [3.8, 4) is 0 Å². The molecule has 0 radical (unpaired) electrons. The predicted octanol–water partition coefficient (Wildman–Crippen LogP) is 0.792. The zero-order valence-electron chi connectivity index (χ0n) is 11.4. The van der Waals surface area contributed by atoms with Crippen molar-refractivity contribution in [1.29, 1.82) is 0 Å². The Kier molecular flexibility index (Phi) is 6.27. The Morgan fingerprint density at radius 3 is 2.74 bits per heavy atom. The van der Waals surface area contributed by atoms with Crippen LogP contribution in [0.15, 0.2) is 0 Å². The fourth-order valence-electron chi connectivity index (χ4n) is 2.14. The molecule has 1 rings (SSSR count). The van der Waals surface area contributed by atoms with E-state index in [2.05, 4.69) is 5.32 Å². The van der Waals surface area contributed by atoms with Crippen LogP contribution in [0.25, 0.3) is 0 Å². The monoisotopic (exact) mass is 290 g/mol. The molecule has 1 aliphatic heterocycles. The fourth-order valence-corrected chi connectivity index (χ4v) is 2.83. The molecule has 6 nitrogen and oxygen atoms in total. The fraction of sp³-hybridized carbons (Fsp3) is 0.833. The van der Waals surface area contributed by atoms with E-state index in [0.29, 0.717) is 25.1 Å². The molecular weight excluding hydrogens is 268 g/mol. The Morgan fingerprint density at radius 1 is 1.47 bits per heavy atom. The van der Waals surface area contributed by atoms with E-state index in [1.54, 1.807) is 6.26 Å². The van der Waals surface area contributed by atoms with Gasteiger partial charge in [-0.05, 0) is 32.6 Å². The molecule has 1 heterocycles. The Balaban J connectivity index is 2.50. The number of hydrogen-bond acceptors (Lipinski definition) is 3. The van der Waals surface area contributed by atoms with Crippen LogP contribution in [0.5, 0.6) is 0 Å². The molecule has 1 aliphatic rings. The highest BCUT2D eigenvalue weighted by Gasteiger charge is 2.32. The largest absolute Gasteiger partial charge is 0.480 e. The zero-order valence-corrected chi connectivity index (χ0v) is 12.2. The molecule has 0 spiro atoms. The second-order valence-electron chi connectivity index (χ2n) is 4.96. The topological polar surface area (TPSA) is 86.7 Å². The summed E-state index contributed by atoms with van der Waals surface area (Å²) in [5.41, 5.74) is 0. The van der Waals surface area contributed by atoms with E-state index in [1.165, 1.54) is 4.90 Å². The van der Waals surface area contributed by atoms with Crippen LogP contribution in [-0.4, -0.2) is 56.9 Å². The molecule has 1 fully saturated rings. The molecule has 3 atom stereocenters. The quantitative estimate of drug-likeness (QED) is 0.784. The van der Waals surface area contributed by atoms with Gasteiger partial charge in [0.25, 0.3) is 0 Å². The summed E-state index contributed by atoms with van der Waals surface area (Å²) in [7, 11) is -0.879. The van der Waals surface area contributed by atoms with Crippen LogP contribution in [0, 0.1) is 0 Å². The van der Waals surface area contributed by atoms with Crippen LogP contribution in [-0.2, 0) is 15.6 Å². The normalized spacial score (nSPS) is 22.6. The Bertz CT molecular complexity index is 362. The number of carbonyl (C=O) groups is 2. The molecule has 0 bridgehead atoms. The molecular formula is C12H22N2O4S. The minimum absolute atomic E-state index is 0.104. The molecule has 7 heteroatoms. The first-order valence-electron chi connectivity index (χ1n) is 6.51. The van der Waals surface area contributed by atoms with Crippen LogP contribution < -0.4 is 5.32 Å². The molecule has 1 saturated heterocycles. The molecule has 2 N–H and O–H groups in total. The molecule has 3 unspecified atom stereocenters. The van der Waals surface area contributed by atoms with Crippen LogP contribution in [0.4, 0.5) is 4.79 Å². The minimum Gasteiger partial charge on any atom is -0.480 e. The summed E-state index contributed by atoms with van der Waals surface area (Å²) >= 11 is 0. The van der Waals surface area contributed by atoms with Gasteiger partial charge in [-0.2, -0.15) is 0 Å². The third-order valence-corrected chi connectivity index (χ3v) is 4.07. The van der Waals surface area contributed by atoms with E-state index in [0.717, 1.165) is 12.8 Å².